The number of nitrogens with two attached hydrogens (primary N) is 1. The van der Waals surface area contributed by atoms with Crippen LogP contribution in [0, 0.1) is 0 Å². The van der Waals surface area contributed by atoms with Gasteiger partial charge in [0.25, 0.3) is 0 Å². The lowest BCUT2D eigenvalue weighted by Gasteiger charge is -2.15. The molecule has 0 aliphatic rings. The molecule has 0 radical (unpaired) electrons. The van der Waals surface area contributed by atoms with Gasteiger partial charge >= 0.3 is 6.18 Å². The summed E-state index contributed by atoms with van der Waals surface area (Å²) in [6, 6.07) is 6.58. The highest BCUT2D eigenvalue weighted by Gasteiger charge is 2.31. The summed E-state index contributed by atoms with van der Waals surface area (Å²) in [5, 5.41) is 1.84. The van der Waals surface area contributed by atoms with Crippen molar-refractivity contribution in [3.05, 3.63) is 56.2 Å². The van der Waals surface area contributed by atoms with Gasteiger partial charge in [-0.1, -0.05) is 22.0 Å². The van der Waals surface area contributed by atoms with E-state index in [1.807, 2.05) is 17.5 Å². The van der Waals surface area contributed by atoms with E-state index in [1.165, 1.54) is 17.4 Å². The summed E-state index contributed by atoms with van der Waals surface area (Å²) >= 11 is 4.66. The van der Waals surface area contributed by atoms with E-state index in [4.69, 9.17) is 5.73 Å². The van der Waals surface area contributed by atoms with Crippen LogP contribution in [0.2, 0.25) is 0 Å². The molecule has 18 heavy (non-hydrogen) atoms. The van der Waals surface area contributed by atoms with Gasteiger partial charge in [0.2, 0.25) is 0 Å². The van der Waals surface area contributed by atoms with Crippen LogP contribution in [0.5, 0.6) is 0 Å². The van der Waals surface area contributed by atoms with Gasteiger partial charge in [-0.2, -0.15) is 13.2 Å². The van der Waals surface area contributed by atoms with Crippen LogP contribution in [0.4, 0.5) is 13.2 Å². The molecule has 0 amide bonds. The number of benzene rings is 1. The van der Waals surface area contributed by atoms with Gasteiger partial charge < -0.3 is 5.73 Å². The highest BCUT2D eigenvalue weighted by molar-refractivity contribution is 9.10. The van der Waals surface area contributed by atoms with E-state index < -0.39 is 17.8 Å². The third-order valence-electron chi connectivity index (χ3n) is 2.51. The van der Waals surface area contributed by atoms with Crippen LogP contribution in [0.15, 0.2) is 40.2 Å². The summed E-state index contributed by atoms with van der Waals surface area (Å²) in [4.78, 5) is 0.829. The molecule has 0 aliphatic carbocycles. The van der Waals surface area contributed by atoms with E-state index in [2.05, 4.69) is 15.9 Å². The first-order valence-electron chi connectivity index (χ1n) is 5.05. The maximum atomic E-state index is 12.7. The topological polar surface area (TPSA) is 26.0 Å². The van der Waals surface area contributed by atoms with Gasteiger partial charge in [-0.15, -0.1) is 11.3 Å². The van der Waals surface area contributed by atoms with Gasteiger partial charge in [-0.05, 0) is 35.2 Å². The van der Waals surface area contributed by atoms with Crippen LogP contribution in [-0.2, 0) is 6.18 Å². The highest BCUT2D eigenvalue weighted by atomic mass is 79.9. The highest BCUT2D eigenvalue weighted by Crippen LogP contribution is 2.35. The minimum atomic E-state index is -4.36. The average Bonchev–Trinajstić information content (AvgIpc) is 2.80. The molecule has 1 atom stereocenters. The third kappa shape index (κ3) is 2.76. The Morgan fingerprint density at radius 2 is 1.94 bits per heavy atom. The molecule has 0 fully saturated rings. The van der Waals surface area contributed by atoms with Gasteiger partial charge in [-0.3, -0.25) is 0 Å². The lowest BCUT2D eigenvalue weighted by atomic mass is 10.0. The minimum absolute atomic E-state index is 0.437. The van der Waals surface area contributed by atoms with E-state index in [0.717, 1.165) is 17.0 Å². The van der Waals surface area contributed by atoms with E-state index in [1.54, 1.807) is 0 Å². The molecule has 1 heterocycles. The molecule has 0 saturated carbocycles. The second-order valence-corrected chi connectivity index (χ2v) is 5.56. The van der Waals surface area contributed by atoms with Crippen molar-refractivity contribution in [3.63, 3.8) is 0 Å². The van der Waals surface area contributed by atoms with Gasteiger partial charge in [0.1, 0.15) is 0 Å². The Bertz CT molecular complexity index is 537. The molecule has 2 N–H and O–H groups in total. The molecule has 1 aromatic heterocycles. The Kier molecular flexibility index (Phi) is 3.79. The van der Waals surface area contributed by atoms with Crippen LogP contribution in [-0.4, -0.2) is 0 Å². The largest absolute Gasteiger partial charge is 0.416 e. The lowest BCUT2D eigenvalue weighted by Crippen LogP contribution is -2.13. The number of alkyl halides is 3. The number of rotatable bonds is 2. The number of halogens is 4. The summed E-state index contributed by atoms with van der Waals surface area (Å²) in [5.41, 5.74) is 5.74. The lowest BCUT2D eigenvalue weighted by molar-refractivity contribution is -0.137. The van der Waals surface area contributed by atoms with E-state index in [0.29, 0.717) is 10.0 Å². The Morgan fingerprint density at radius 1 is 1.22 bits per heavy atom. The second-order valence-electron chi connectivity index (χ2n) is 3.73. The zero-order valence-electron chi connectivity index (χ0n) is 9.04. The maximum Gasteiger partial charge on any atom is 0.416 e. The van der Waals surface area contributed by atoms with Crippen molar-refractivity contribution < 1.29 is 13.2 Å². The van der Waals surface area contributed by atoms with Crippen molar-refractivity contribution in [1.29, 1.82) is 0 Å². The van der Waals surface area contributed by atoms with Crippen LogP contribution in [0.25, 0.3) is 0 Å². The summed E-state index contributed by atoms with van der Waals surface area (Å²) in [7, 11) is 0. The molecule has 6 heteroatoms. The van der Waals surface area contributed by atoms with Crippen LogP contribution in [0.3, 0.4) is 0 Å². The first kappa shape index (κ1) is 13.6. The first-order valence-corrected chi connectivity index (χ1v) is 6.72. The minimum Gasteiger partial charge on any atom is -0.320 e. The Hall–Kier alpha value is -0.850. The quantitative estimate of drug-likeness (QED) is 0.854. The number of hydrogen-bond donors (Lipinski definition) is 1. The summed E-state index contributed by atoms with van der Waals surface area (Å²) in [5.74, 6) is 0. The fourth-order valence-electron chi connectivity index (χ4n) is 1.58. The molecule has 1 aromatic carbocycles. The Balaban J connectivity index is 2.44. The molecular formula is C12H9BrF3NS. The number of hydrogen-bond acceptors (Lipinski definition) is 2. The van der Waals surface area contributed by atoms with Gasteiger partial charge in [0.05, 0.1) is 11.6 Å². The normalized spacial score (nSPS) is 13.6. The zero-order valence-corrected chi connectivity index (χ0v) is 11.4. The molecule has 0 bridgehead atoms. The summed E-state index contributed by atoms with van der Waals surface area (Å²) < 4.78 is 38.5. The fraction of sp³-hybridized carbons (Fsp3) is 0.167. The molecule has 2 rings (SSSR count). The van der Waals surface area contributed by atoms with E-state index in [-0.39, 0.29) is 0 Å². The smallest absolute Gasteiger partial charge is 0.320 e. The average molecular weight is 336 g/mol. The SMILES string of the molecule is N[C@H](c1cccs1)c1cc(C(F)(F)F)ccc1Br. The standard InChI is InChI=1S/C12H9BrF3NS/c13-9-4-3-7(12(14,15)16)6-8(9)11(17)10-2-1-5-18-10/h1-6,11H,17H2/t11-/m0/s1. The Morgan fingerprint density at radius 3 is 2.50 bits per heavy atom. The maximum absolute atomic E-state index is 12.7. The van der Waals surface area contributed by atoms with Gasteiger partial charge in [-0.25, -0.2) is 0 Å². The molecule has 0 spiro atoms. The third-order valence-corrected chi connectivity index (χ3v) is 4.19. The van der Waals surface area contributed by atoms with Crippen molar-refractivity contribution in [2.24, 2.45) is 5.73 Å². The van der Waals surface area contributed by atoms with Crippen molar-refractivity contribution in [3.8, 4) is 0 Å². The van der Waals surface area contributed by atoms with Gasteiger partial charge in [0, 0.05) is 9.35 Å². The monoisotopic (exact) mass is 335 g/mol. The van der Waals surface area contributed by atoms with E-state index in [9.17, 15) is 13.2 Å². The molecule has 0 aliphatic heterocycles. The molecule has 96 valence electrons. The summed E-state index contributed by atoms with van der Waals surface area (Å²) in [6.07, 6.45) is -4.36. The molecule has 0 saturated heterocycles. The summed E-state index contributed by atoms with van der Waals surface area (Å²) in [6.45, 7) is 0. The fourth-order valence-corrected chi connectivity index (χ4v) is 2.82. The van der Waals surface area contributed by atoms with Crippen LogP contribution in [0.1, 0.15) is 22.0 Å². The first-order chi connectivity index (χ1) is 8.39. The van der Waals surface area contributed by atoms with Gasteiger partial charge in [0.15, 0.2) is 0 Å². The predicted octanol–water partition coefficient (Wildman–Crippen LogP) is 4.58. The number of thiophene rings is 1. The Labute approximate surface area is 115 Å². The predicted molar refractivity (Wildman–Crippen MR) is 69.5 cm³/mol. The van der Waals surface area contributed by atoms with Crippen LogP contribution >= 0.6 is 27.3 Å². The van der Waals surface area contributed by atoms with Crippen LogP contribution < -0.4 is 5.73 Å². The van der Waals surface area contributed by atoms with Crippen molar-refractivity contribution in [2.45, 2.75) is 12.2 Å². The molecule has 0 unspecified atom stereocenters. The molecular weight excluding hydrogens is 327 g/mol. The second kappa shape index (κ2) is 5.03. The molecule has 2 aromatic rings. The zero-order chi connectivity index (χ0) is 13.3. The molecule has 1 nitrogen and oxygen atoms in total. The van der Waals surface area contributed by atoms with E-state index >= 15 is 0 Å². The van der Waals surface area contributed by atoms with Crippen molar-refractivity contribution in [1.82, 2.24) is 0 Å². The van der Waals surface area contributed by atoms with Crippen molar-refractivity contribution >= 4 is 27.3 Å². The van der Waals surface area contributed by atoms with Crippen molar-refractivity contribution in [2.75, 3.05) is 0 Å².